The first kappa shape index (κ1) is 26.3. The molecule has 3 aliphatic rings. The summed E-state index contributed by atoms with van der Waals surface area (Å²) in [6.45, 7) is 1.32. The monoisotopic (exact) mass is 532 g/mol. The molecule has 5 rings (SSSR count). The third-order valence-corrected chi connectivity index (χ3v) is 8.14. The number of alkyl halides is 2. The Labute approximate surface area is 221 Å². The number of methoxy groups -OCH3 is 5. The topological polar surface area (TPSA) is 69.7 Å². The zero-order chi connectivity index (χ0) is 27.2. The van der Waals surface area contributed by atoms with Crippen LogP contribution in [0.1, 0.15) is 42.0 Å². The van der Waals surface area contributed by atoms with E-state index in [1.807, 2.05) is 12.1 Å². The number of nitrogens with zero attached hydrogens (tertiary/aromatic N) is 2. The second-order valence-electron chi connectivity index (χ2n) is 9.95. The number of fused-ring (bicyclic) bond motifs is 6. The molecule has 0 aromatic heterocycles. The standard InChI is InChI=1S/C28H34F2N2O6/c1-34-19-11-16-9-10-31-15-18-7-6-8-20(25(31)24(16)21(14-19)35-2)32(18)27(33)28(29,30)17-12-22(36-3)26(38-5)23(13-17)37-4/h11-14,18,20,25H,6-10,15H2,1-5H3. The second kappa shape index (κ2) is 10.1. The van der Waals surface area contributed by atoms with Gasteiger partial charge in [-0.3, -0.25) is 9.69 Å². The summed E-state index contributed by atoms with van der Waals surface area (Å²) in [5, 5.41) is 0. The van der Waals surface area contributed by atoms with E-state index in [1.165, 1.54) is 26.2 Å². The van der Waals surface area contributed by atoms with Crippen LogP contribution >= 0.6 is 0 Å². The van der Waals surface area contributed by atoms with Gasteiger partial charge in [0.25, 0.3) is 5.91 Å². The number of rotatable bonds is 7. The average Bonchev–Trinajstić information content (AvgIpc) is 2.94. The number of piperidine rings is 1. The van der Waals surface area contributed by atoms with Crippen LogP contribution in [0.4, 0.5) is 8.78 Å². The van der Waals surface area contributed by atoms with Crippen LogP contribution in [0.15, 0.2) is 24.3 Å². The van der Waals surface area contributed by atoms with Crippen molar-refractivity contribution >= 4 is 5.91 Å². The molecule has 2 aromatic carbocycles. The molecule has 38 heavy (non-hydrogen) atoms. The number of piperazine rings is 1. The quantitative estimate of drug-likeness (QED) is 0.530. The Morgan fingerprint density at radius 2 is 1.58 bits per heavy atom. The molecule has 3 atom stereocenters. The van der Waals surface area contributed by atoms with E-state index in [1.54, 1.807) is 14.2 Å². The zero-order valence-corrected chi connectivity index (χ0v) is 22.4. The molecule has 2 saturated heterocycles. The lowest BCUT2D eigenvalue weighted by Gasteiger charge is -2.57. The smallest absolute Gasteiger partial charge is 0.350 e. The molecule has 0 saturated carbocycles. The van der Waals surface area contributed by atoms with Crippen molar-refractivity contribution in [3.05, 3.63) is 41.0 Å². The largest absolute Gasteiger partial charge is 0.497 e. The number of carbonyl (C=O) groups is 1. The van der Waals surface area contributed by atoms with Gasteiger partial charge in [0.05, 0.1) is 47.6 Å². The number of halogens is 2. The first-order valence-corrected chi connectivity index (χ1v) is 12.8. The highest BCUT2D eigenvalue weighted by Crippen LogP contribution is 2.50. The van der Waals surface area contributed by atoms with Crippen LogP contribution in [0.25, 0.3) is 0 Å². The van der Waals surface area contributed by atoms with Gasteiger partial charge in [0.15, 0.2) is 11.5 Å². The fourth-order valence-corrected chi connectivity index (χ4v) is 6.45. The molecule has 206 valence electrons. The number of amides is 1. The maximum absolute atomic E-state index is 16.1. The fraction of sp³-hybridized carbons (Fsp3) is 0.536. The van der Waals surface area contributed by atoms with Gasteiger partial charge in [-0.2, -0.15) is 8.78 Å². The second-order valence-corrected chi connectivity index (χ2v) is 9.95. The van der Waals surface area contributed by atoms with Crippen LogP contribution in [0.5, 0.6) is 28.7 Å². The first-order valence-electron chi connectivity index (χ1n) is 12.8. The van der Waals surface area contributed by atoms with Gasteiger partial charge in [-0.1, -0.05) is 0 Å². The Hall–Kier alpha value is -3.27. The number of hydrogen-bond donors (Lipinski definition) is 0. The van der Waals surface area contributed by atoms with Crippen LogP contribution in [0.2, 0.25) is 0 Å². The molecule has 0 spiro atoms. The molecule has 0 N–H and O–H groups in total. The summed E-state index contributed by atoms with van der Waals surface area (Å²) in [4.78, 5) is 17.6. The van der Waals surface area contributed by atoms with Gasteiger partial charge in [-0.05, 0) is 49.4 Å². The Bertz CT molecular complexity index is 1180. The molecule has 3 unspecified atom stereocenters. The SMILES string of the molecule is COc1cc2c(c(OC)c1)C1C3CCCC(CN1CC2)N3C(=O)C(F)(F)c1cc(OC)c(OC)c(OC)c1. The molecule has 1 amide bonds. The highest BCUT2D eigenvalue weighted by atomic mass is 19.3. The van der Waals surface area contributed by atoms with Crippen molar-refractivity contribution < 1.29 is 37.3 Å². The number of carbonyl (C=O) groups excluding carboxylic acids is 1. The van der Waals surface area contributed by atoms with E-state index in [9.17, 15) is 4.79 Å². The van der Waals surface area contributed by atoms with E-state index in [4.69, 9.17) is 23.7 Å². The molecule has 10 heteroatoms. The predicted octanol–water partition coefficient (Wildman–Crippen LogP) is 4.18. The van der Waals surface area contributed by atoms with Crippen molar-refractivity contribution in [1.29, 1.82) is 0 Å². The minimum Gasteiger partial charge on any atom is -0.497 e. The van der Waals surface area contributed by atoms with Gasteiger partial charge in [0.1, 0.15) is 11.5 Å². The number of benzene rings is 2. The Morgan fingerprint density at radius 1 is 0.895 bits per heavy atom. The molecule has 2 bridgehead atoms. The lowest BCUT2D eigenvalue weighted by atomic mass is 9.78. The van der Waals surface area contributed by atoms with Crippen LogP contribution in [-0.2, 0) is 17.1 Å². The summed E-state index contributed by atoms with van der Waals surface area (Å²) in [6.07, 6.45) is 2.98. The van der Waals surface area contributed by atoms with E-state index in [2.05, 4.69) is 4.90 Å². The van der Waals surface area contributed by atoms with Crippen LogP contribution in [0, 0.1) is 0 Å². The molecule has 2 fully saturated rings. The van der Waals surface area contributed by atoms with E-state index >= 15 is 8.78 Å². The molecule has 2 aromatic rings. The molecule has 3 aliphatic heterocycles. The van der Waals surface area contributed by atoms with E-state index in [0.29, 0.717) is 30.9 Å². The summed E-state index contributed by atoms with van der Waals surface area (Å²) in [7, 11) is 7.31. The van der Waals surface area contributed by atoms with Gasteiger partial charge in [-0.15, -0.1) is 0 Å². The van der Waals surface area contributed by atoms with Gasteiger partial charge in [-0.25, -0.2) is 0 Å². The van der Waals surface area contributed by atoms with Crippen LogP contribution < -0.4 is 23.7 Å². The minimum atomic E-state index is -3.80. The van der Waals surface area contributed by atoms with E-state index in [-0.39, 0.29) is 29.3 Å². The predicted molar refractivity (Wildman–Crippen MR) is 136 cm³/mol. The summed E-state index contributed by atoms with van der Waals surface area (Å²) in [6, 6.07) is 5.16. The molecule has 8 nitrogen and oxygen atoms in total. The number of ether oxygens (including phenoxy) is 5. The van der Waals surface area contributed by atoms with Crippen molar-refractivity contribution in [2.75, 3.05) is 48.6 Å². The maximum Gasteiger partial charge on any atom is 0.350 e. The van der Waals surface area contributed by atoms with E-state index < -0.39 is 23.4 Å². The lowest BCUT2D eigenvalue weighted by molar-refractivity contribution is -0.175. The average molecular weight is 533 g/mol. The van der Waals surface area contributed by atoms with Crippen molar-refractivity contribution in [1.82, 2.24) is 9.80 Å². The molecular weight excluding hydrogens is 498 g/mol. The lowest BCUT2D eigenvalue weighted by Crippen LogP contribution is -2.66. The van der Waals surface area contributed by atoms with Gasteiger partial charge in [0.2, 0.25) is 5.75 Å². The van der Waals surface area contributed by atoms with Crippen molar-refractivity contribution in [2.45, 2.75) is 49.7 Å². The van der Waals surface area contributed by atoms with Gasteiger partial charge < -0.3 is 28.6 Å². The maximum atomic E-state index is 16.1. The minimum absolute atomic E-state index is 0.0687. The third-order valence-electron chi connectivity index (χ3n) is 8.14. The highest BCUT2D eigenvalue weighted by Gasteiger charge is 2.55. The van der Waals surface area contributed by atoms with Crippen molar-refractivity contribution in [2.24, 2.45) is 0 Å². The Balaban J connectivity index is 1.56. The third kappa shape index (κ3) is 4.09. The van der Waals surface area contributed by atoms with Crippen molar-refractivity contribution in [3.8, 4) is 28.7 Å². The Kier molecular flexibility index (Phi) is 7.02. The van der Waals surface area contributed by atoms with Crippen molar-refractivity contribution in [3.63, 3.8) is 0 Å². The molecular formula is C28H34F2N2O6. The molecule has 3 heterocycles. The highest BCUT2D eigenvalue weighted by molar-refractivity contribution is 5.86. The summed E-state index contributed by atoms with van der Waals surface area (Å²) in [5.74, 6) is -3.34. The van der Waals surface area contributed by atoms with Gasteiger partial charge in [0, 0.05) is 36.3 Å². The number of hydrogen-bond acceptors (Lipinski definition) is 7. The van der Waals surface area contributed by atoms with Crippen LogP contribution in [0.3, 0.4) is 0 Å². The summed E-state index contributed by atoms with van der Waals surface area (Å²) in [5.41, 5.74) is 1.53. The molecule has 0 aliphatic carbocycles. The normalized spacial score (nSPS) is 22.7. The summed E-state index contributed by atoms with van der Waals surface area (Å²) < 4.78 is 59.2. The zero-order valence-electron chi connectivity index (χ0n) is 22.4. The van der Waals surface area contributed by atoms with Gasteiger partial charge >= 0.3 is 5.92 Å². The Morgan fingerprint density at radius 3 is 2.18 bits per heavy atom. The fourth-order valence-electron chi connectivity index (χ4n) is 6.45. The summed E-state index contributed by atoms with van der Waals surface area (Å²) >= 11 is 0. The van der Waals surface area contributed by atoms with Crippen LogP contribution in [-0.4, -0.2) is 76.4 Å². The first-order chi connectivity index (χ1) is 18.3. The molecule has 0 radical (unpaired) electrons. The van der Waals surface area contributed by atoms with E-state index in [0.717, 1.165) is 42.6 Å².